The Morgan fingerprint density at radius 1 is 0.781 bits per heavy atom. The number of anilines is 1. The van der Waals surface area contributed by atoms with Crippen molar-refractivity contribution in [3.63, 3.8) is 0 Å². The average Bonchev–Trinajstić information content (AvgIpc) is 2.82. The minimum absolute atomic E-state index is 0.0223. The highest BCUT2D eigenvalue weighted by Gasteiger charge is 2.20. The van der Waals surface area contributed by atoms with Gasteiger partial charge >= 0.3 is 0 Å². The summed E-state index contributed by atoms with van der Waals surface area (Å²) in [5.74, 6) is 2.33. The third-order valence-corrected chi connectivity index (χ3v) is 5.26. The molecule has 3 rings (SSSR count). The Labute approximate surface area is 189 Å². The second kappa shape index (κ2) is 10.6. The summed E-state index contributed by atoms with van der Waals surface area (Å²) in [5, 5.41) is 3.50. The molecule has 3 aromatic carbocycles. The van der Waals surface area contributed by atoms with E-state index in [0.29, 0.717) is 28.6 Å². The molecule has 6 nitrogen and oxygen atoms in total. The van der Waals surface area contributed by atoms with Crippen LogP contribution in [0, 0.1) is 6.92 Å². The van der Waals surface area contributed by atoms with Crippen molar-refractivity contribution in [2.75, 3.05) is 33.8 Å². The molecule has 6 heteroatoms. The first-order valence-electron chi connectivity index (χ1n) is 10.3. The predicted molar refractivity (Wildman–Crippen MR) is 126 cm³/mol. The van der Waals surface area contributed by atoms with E-state index in [1.807, 2.05) is 43.3 Å². The molecule has 1 atom stereocenters. The third kappa shape index (κ3) is 5.32. The summed E-state index contributed by atoms with van der Waals surface area (Å²) >= 11 is 0. The number of carbonyl (C=O) groups is 1. The lowest BCUT2D eigenvalue weighted by atomic mass is 9.96. The summed E-state index contributed by atoms with van der Waals surface area (Å²) in [5.41, 5.74) is 3.54. The lowest BCUT2D eigenvalue weighted by Gasteiger charge is -2.22. The summed E-state index contributed by atoms with van der Waals surface area (Å²) in [7, 11) is 6.32. The van der Waals surface area contributed by atoms with Crippen LogP contribution in [0.4, 0.5) is 5.69 Å². The topological polar surface area (TPSA) is 66.0 Å². The first-order chi connectivity index (χ1) is 15.5. The molecule has 0 aromatic heterocycles. The monoisotopic (exact) mass is 435 g/mol. The fraction of sp³-hybridized carbons (Fsp3) is 0.269. The number of ketones is 1. The molecule has 1 N–H and O–H groups in total. The predicted octanol–water partition coefficient (Wildman–Crippen LogP) is 5.46. The number of carbonyl (C=O) groups excluding carboxylic acids is 1. The maximum atomic E-state index is 13.2. The van der Waals surface area contributed by atoms with Gasteiger partial charge in [-0.2, -0.15) is 0 Å². The molecule has 0 spiro atoms. The first kappa shape index (κ1) is 23.0. The molecule has 0 aliphatic carbocycles. The van der Waals surface area contributed by atoms with Gasteiger partial charge < -0.3 is 24.3 Å². The van der Waals surface area contributed by atoms with Crippen LogP contribution < -0.4 is 24.3 Å². The van der Waals surface area contributed by atoms with Gasteiger partial charge in [0, 0.05) is 17.7 Å². The standard InChI is InChI=1S/C26H29NO5/c1-17-7-6-8-20(13-17)27-21(18-9-11-23(29-2)25(14-18)31-4)16-22(28)19-10-12-24(30-3)26(15-19)32-5/h6-15,21,27H,16H2,1-5H3. The van der Waals surface area contributed by atoms with Crippen LogP contribution >= 0.6 is 0 Å². The Morgan fingerprint density at radius 2 is 1.41 bits per heavy atom. The summed E-state index contributed by atoms with van der Waals surface area (Å²) in [4.78, 5) is 13.2. The SMILES string of the molecule is COc1ccc(C(=O)CC(Nc2cccc(C)c2)c2ccc(OC)c(OC)c2)cc1OC. The largest absolute Gasteiger partial charge is 0.493 e. The van der Waals surface area contributed by atoms with Crippen LogP contribution in [0.2, 0.25) is 0 Å². The van der Waals surface area contributed by atoms with E-state index >= 15 is 0 Å². The van der Waals surface area contributed by atoms with Crippen molar-refractivity contribution in [3.8, 4) is 23.0 Å². The van der Waals surface area contributed by atoms with Crippen LogP contribution in [0.5, 0.6) is 23.0 Å². The molecule has 0 radical (unpaired) electrons. The molecule has 0 amide bonds. The van der Waals surface area contributed by atoms with Gasteiger partial charge in [0.2, 0.25) is 0 Å². The summed E-state index contributed by atoms with van der Waals surface area (Å²) in [6.45, 7) is 2.03. The maximum Gasteiger partial charge on any atom is 0.165 e. The molecular formula is C26H29NO5. The maximum absolute atomic E-state index is 13.2. The molecule has 32 heavy (non-hydrogen) atoms. The highest BCUT2D eigenvalue weighted by Crippen LogP contribution is 2.34. The molecule has 0 aliphatic rings. The number of benzene rings is 3. The Balaban J connectivity index is 1.94. The van der Waals surface area contributed by atoms with E-state index in [2.05, 4.69) is 11.4 Å². The molecule has 0 heterocycles. The van der Waals surface area contributed by atoms with Crippen molar-refractivity contribution >= 4 is 11.5 Å². The van der Waals surface area contributed by atoms with Gasteiger partial charge in [-0.15, -0.1) is 0 Å². The van der Waals surface area contributed by atoms with Crippen LogP contribution in [-0.4, -0.2) is 34.2 Å². The molecule has 0 saturated heterocycles. The second-order valence-corrected chi connectivity index (χ2v) is 7.38. The zero-order valence-electron chi connectivity index (χ0n) is 19.1. The zero-order valence-corrected chi connectivity index (χ0v) is 19.1. The molecule has 0 fully saturated rings. The Hall–Kier alpha value is -3.67. The summed E-state index contributed by atoms with van der Waals surface area (Å²) in [6.07, 6.45) is 0.235. The van der Waals surface area contributed by atoms with Crippen molar-refractivity contribution < 1.29 is 23.7 Å². The van der Waals surface area contributed by atoms with E-state index in [1.165, 1.54) is 0 Å². The lowest BCUT2D eigenvalue weighted by Crippen LogP contribution is -2.16. The number of nitrogens with one attached hydrogen (secondary N) is 1. The highest BCUT2D eigenvalue weighted by molar-refractivity contribution is 5.97. The normalized spacial score (nSPS) is 11.4. The van der Waals surface area contributed by atoms with Crippen LogP contribution in [-0.2, 0) is 0 Å². The molecule has 1 unspecified atom stereocenters. The van der Waals surface area contributed by atoms with E-state index in [4.69, 9.17) is 18.9 Å². The Kier molecular flexibility index (Phi) is 7.60. The van der Waals surface area contributed by atoms with Gasteiger partial charge in [-0.05, 0) is 60.5 Å². The molecule has 0 bridgehead atoms. The zero-order chi connectivity index (χ0) is 23.1. The van der Waals surface area contributed by atoms with Crippen LogP contribution in [0.3, 0.4) is 0 Å². The van der Waals surface area contributed by atoms with Gasteiger partial charge in [-0.1, -0.05) is 18.2 Å². The first-order valence-corrected chi connectivity index (χ1v) is 10.3. The van der Waals surface area contributed by atoms with Gasteiger partial charge in [0.15, 0.2) is 28.8 Å². The quantitative estimate of drug-likeness (QED) is 0.427. The molecule has 0 saturated carbocycles. The Bertz CT molecular complexity index is 1080. The van der Waals surface area contributed by atoms with E-state index in [1.54, 1.807) is 46.6 Å². The van der Waals surface area contributed by atoms with Gasteiger partial charge in [0.1, 0.15) is 0 Å². The molecule has 3 aromatic rings. The van der Waals surface area contributed by atoms with Crippen molar-refractivity contribution in [1.82, 2.24) is 0 Å². The highest BCUT2D eigenvalue weighted by atomic mass is 16.5. The second-order valence-electron chi connectivity index (χ2n) is 7.38. The number of aryl methyl sites for hydroxylation is 1. The smallest absolute Gasteiger partial charge is 0.165 e. The number of rotatable bonds is 10. The number of Topliss-reactive ketones (excluding diaryl/α,β-unsaturated/α-hetero) is 1. The number of methoxy groups -OCH3 is 4. The van der Waals surface area contributed by atoms with Crippen molar-refractivity contribution in [2.45, 2.75) is 19.4 Å². The van der Waals surface area contributed by atoms with E-state index in [9.17, 15) is 4.79 Å². The Morgan fingerprint density at radius 3 is 2.03 bits per heavy atom. The van der Waals surface area contributed by atoms with E-state index < -0.39 is 0 Å². The number of hydrogen-bond donors (Lipinski definition) is 1. The molecular weight excluding hydrogens is 406 g/mol. The van der Waals surface area contributed by atoms with Gasteiger partial charge in [0.25, 0.3) is 0 Å². The van der Waals surface area contributed by atoms with E-state index in [-0.39, 0.29) is 18.2 Å². The minimum atomic E-state index is -0.280. The summed E-state index contributed by atoms with van der Waals surface area (Å²) < 4.78 is 21.5. The van der Waals surface area contributed by atoms with Crippen molar-refractivity contribution in [2.24, 2.45) is 0 Å². The average molecular weight is 436 g/mol. The molecule has 0 aliphatic heterocycles. The minimum Gasteiger partial charge on any atom is -0.493 e. The van der Waals surface area contributed by atoms with Crippen LogP contribution in [0.15, 0.2) is 60.7 Å². The van der Waals surface area contributed by atoms with Gasteiger partial charge in [-0.25, -0.2) is 0 Å². The van der Waals surface area contributed by atoms with Crippen molar-refractivity contribution in [3.05, 3.63) is 77.4 Å². The number of hydrogen-bond acceptors (Lipinski definition) is 6. The lowest BCUT2D eigenvalue weighted by molar-refractivity contribution is 0.0976. The summed E-state index contributed by atoms with van der Waals surface area (Å²) in [6, 6.07) is 18.7. The van der Waals surface area contributed by atoms with Gasteiger partial charge in [0.05, 0.1) is 34.5 Å². The fourth-order valence-electron chi connectivity index (χ4n) is 3.57. The van der Waals surface area contributed by atoms with Gasteiger partial charge in [-0.3, -0.25) is 4.79 Å². The third-order valence-electron chi connectivity index (χ3n) is 5.26. The number of ether oxygens (including phenoxy) is 4. The van der Waals surface area contributed by atoms with Crippen LogP contribution in [0.25, 0.3) is 0 Å². The van der Waals surface area contributed by atoms with Crippen LogP contribution in [0.1, 0.15) is 33.9 Å². The molecule has 168 valence electrons. The van der Waals surface area contributed by atoms with E-state index in [0.717, 1.165) is 16.8 Å². The van der Waals surface area contributed by atoms with Crippen molar-refractivity contribution in [1.29, 1.82) is 0 Å². The fourth-order valence-corrected chi connectivity index (χ4v) is 3.57.